The van der Waals surface area contributed by atoms with E-state index in [1.165, 1.54) is 19.1 Å². The van der Waals surface area contributed by atoms with E-state index in [2.05, 4.69) is 4.72 Å². The van der Waals surface area contributed by atoms with Crippen molar-refractivity contribution in [3.05, 3.63) is 65.0 Å². The fourth-order valence-electron chi connectivity index (χ4n) is 2.30. The second-order valence-corrected chi connectivity index (χ2v) is 7.52. The quantitative estimate of drug-likeness (QED) is 0.752. The number of hydrogen-bond donors (Lipinski definition) is 2. The lowest BCUT2D eigenvalue weighted by Gasteiger charge is -2.19. The van der Waals surface area contributed by atoms with Gasteiger partial charge in [0.05, 0.1) is 24.2 Å². The number of sulfonamides is 1. The molecule has 0 amide bonds. The zero-order chi connectivity index (χ0) is 18.4. The summed E-state index contributed by atoms with van der Waals surface area (Å²) < 4.78 is 46.2. The molecule has 7 heteroatoms. The van der Waals surface area contributed by atoms with Gasteiger partial charge in [-0.2, -0.15) is 0 Å². The first-order chi connectivity index (χ1) is 11.8. The van der Waals surface area contributed by atoms with Crippen molar-refractivity contribution in [2.24, 2.45) is 0 Å². The van der Waals surface area contributed by atoms with Crippen molar-refractivity contribution in [2.45, 2.75) is 24.8 Å². The molecule has 25 heavy (non-hydrogen) atoms. The monoisotopic (exact) mass is 367 g/mol. The molecule has 0 bridgehead atoms. The van der Waals surface area contributed by atoms with E-state index in [9.17, 15) is 12.8 Å². The van der Waals surface area contributed by atoms with Crippen LogP contribution in [-0.2, 0) is 14.8 Å². The molecule has 0 spiro atoms. The van der Waals surface area contributed by atoms with E-state index in [0.29, 0.717) is 0 Å². The largest absolute Gasteiger partial charge is 0.394 e. The smallest absolute Gasteiger partial charge is 0.240 e. The third-order valence-electron chi connectivity index (χ3n) is 3.76. The maximum Gasteiger partial charge on any atom is 0.240 e. The molecule has 0 saturated carbocycles. The Balaban J connectivity index is 2.15. The minimum Gasteiger partial charge on any atom is -0.394 e. The van der Waals surface area contributed by atoms with Gasteiger partial charge >= 0.3 is 0 Å². The third-order valence-corrected chi connectivity index (χ3v) is 5.18. The van der Waals surface area contributed by atoms with Crippen molar-refractivity contribution in [1.29, 1.82) is 0 Å². The molecule has 0 saturated heterocycles. The molecule has 0 fully saturated rings. The Labute approximate surface area is 147 Å². The summed E-state index contributed by atoms with van der Waals surface area (Å²) in [6, 6.07) is 11.2. The summed E-state index contributed by atoms with van der Waals surface area (Å²) in [6.07, 6.45) is -0.538. The lowest BCUT2D eigenvalue weighted by atomic mass is 10.1. The molecule has 1 unspecified atom stereocenters. The predicted molar refractivity (Wildman–Crippen MR) is 93.3 cm³/mol. The van der Waals surface area contributed by atoms with Crippen molar-refractivity contribution < 1.29 is 22.7 Å². The predicted octanol–water partition coefficient (Wildman–Crippen LogP) is 2.47. The van der Waals surface area contributed by atoms with Crippen LogP contribution in [0.1, 0.15) is 22.8 Å². The minimum atomic E-state index is -3.79. The fraction of sp³-hybridized carbons (Fsp3) is 0.333. The summed E-state index contributed by atoms with van der Waals surface area (Å²) in [5.74, 6) is -0.456. The van der Waals surface area contributed by atoms with E-state index in [1.807, 2.05) is 31.2 Å². The van der Waals surface area contributed by atoms with Crippen LogP contribution in [0.5, 0.6) is 0 Å². The van der Waals surface area contributed by atoms with Gasteiger partial charge in [0.2, 0.25) is 10.0 Å². The highest BCUT2D eigenvalue weighted by atomic mass is 32.2. The average Bonchev–Trinajstić information content (AvgIpc) is 2.58. The number of benzene rings is 2. The highest BCUT2D eigenvalue weighted by Crippen LogP contribution is 2.19. The Hall–Kier alpha value is -1.80. The first kappa shape index (κ1) is 19.5. The molecule has 2 N–H and O–H groups in total. The summed E-state index contributed by atoms with van der Waals surface area (Å²) in [7, 11) is -3.79. The molecular formula is C18H22FNO4S. The van der Waals surface area contributed by atoms with Crippen molar-refractivity contribution in [3.63, 3.8) is 0 Å². The highest BCUT2D eigenvalue weighted by Gasteiger charge is 2.19. The Morgan fingerprint density at radius 1 is 1.16 bits per heavy atom. The van der Waals surface area contributed by atoms with E-state index in [0.717, 1.165) is 17.2 Å². The molecule has 0 aliphatic carbocycles. The highest BCUT2D eigenvalue weighted by molar-refractivity contribution is 7.89. The van der Waals surface area contributed by atoms with Crippen LogP contribution in [0.25, 0.3) is 0 Å². The fourth-order valence-corrected chi connectivity index (χ4v) is 3.42. The van der Waals surface area contributed by atoms with Crippen LogP contribution in [-0.4, -0.2) is 33.3 Å². The molecule has 2 aromatic rings. The number of aliphatic hydroxyl groups is 1. The molecule has 136 valence electrons. The summed E-state index contributed by atoms with van der Waals surface area (Å²) in [5, 5.41) is 8.97. The summed E-state index contributed by atoms with van der Waals surface area (Å²) >= 11 is 0. The van der Waals surface area contributed by atoms with Gasteiger partial charge in [0.15, 0.2) is 0 Å². The van der Waals surface area contributed by atoms with E-state index in [-0.39, 0.29) is 30.2 Å². The SMILES string of the molecule is Cc1ccc(C(CNS(=O)(=O)c2ccc(F)c(C)c2)OCCO)cc1. The Kier molecular flexibility index (Phi) is 6.66. The maximum absolute atomic E-state index is 13.3. The Morgan fingerprint density at radius 3 is 2.44 bits per heavy atom. The lowest BCUT2D eigenvalue weighted by Crippen LogP contribution is -2.30. The maximum atomic E-state index is 13.3. The second kappa shape index (κ2) is 8.53. The van der Waals surface area contributed by atoms with Crippen molar-refractivity contribution in [2.75, 3.05) is 19.8 Å². The van der Waals surface area contributed by atoms with E-state index < -0.39 is 21.9 Å². The van der Waals surface area contributed by atoms with Crippen LogP contribution >= 0.6 is 0 Å². The van der Waals surface area contributed by atoms with E-state index in [1.54, 1.807) is 0 Å². The number of halogens is 1. The second-order valence-electron chi connectivity index (χ2n) is 5.76. The van der Waals surface area contributed by atoms with Gasteiger partial charge in [-0.1, -0.05) is 29.8 Å². The zero-order valence-corrected chi connectivity index (χ0v) is 15.0. The van der Waals surface area contributed by atoms with Crippen LogP contribution in [0.4, 0.5) is 4.39 Å². The van der Waals surface area contributed by atoms with Gasteiger partial charge < -0.3 is 9.84 Å². The van der Waals surface area contributed by atoms with Gasteiger partial charge in [-0.3, -0.25) is 0 Å². The summed E-state index contributed by atoms with van der Waals surface area (Å²) in [4.78, 5) is -0.00351. The van der Waals surface area contributed by atoms with Gasteiger partial charge in [0, 0.05) is 6.54 Å². The average molecular weight is 367 g/mol. The third kappa shape index (κ3) is 5.34. The number of aliphatic hydroxyl groups excluding tert-OH is 1. The molecule has 0 aliphatic rings. The molecule has 1 atom stereocenters. The van der Waals surface area contributed by atoms with Gasteiger partial charge in [0.1, 0.15) is 5.82 Å². The molecule has 0 aliphatic heterocycles. The van der Waals surface area contributed by atoms with Crippen LogP contribution in [0.2, 0.25) is 0 Å². The lowest BCUT2D eigenvalue weighted by molar-refractivity contribution is 0.0309. The van der Waals surface area contributed by atoms with Crippen LogP contribution in [0.15, 0.2) is 47.4 Å². The molecule has 0 heterocycles. The topological polar surface area (TPSA) is 75.6 Å². The van der Waals surface area contributed by atoms with Gasteiger partial charge in [-0.05, 0) is 43.2 Å². The molecule has 2 rings (SSSR count). The van der Waals surface area contributed by atoms with E-state index >= 15 is 0 Å². The van der Waals surface area contributed by atoms with Crippen LogP contribution in [0.3, 0.4) is 0 Å². The van der Waals surface area contributed by atoms with Crippen molar-refractivity contribution in [3.8, 4) is 0 Å². The number of ether oxygens (including phenoxy) is 1. The standard InChI is InChI=1S/C18H22FNO4S/c1-13-3-5-15(6-4-13)18(24-10-9-21)12-20-25(22,23)16-7-8-17(19)14(2)11-16/h3-8,11,18,20-21H,9-10,12H2,1-2H3. The van der Waals surface area contributed by atoms with E-state index in [4.69, 9.17) is 9.84 Å². The first-order valence-corrected chi connectivity index (χ1v) is 9.36. The minimum absolute atomic E-state index is 0.00180. The Bertz CT molecular complexity index is 806. The molecular weight excluding hydrogens is 345 g/mol. The number of aryl methyl sites for hydroxylation is 2. The van der Waals surface area contributed by atoms with Crippen molar-refractivity contribution >= 4 is 10.0 Å². The summed E-state index contributed by atoms with van der Waals surface area (Å²) in [5.41, 5.74) is 2.14. The zero-order valence-electron chi connectivity index (χ0n) is 14.2. The number of hydrogen-bond acceptors (Lipinski definition) is 4. The molecule has 0 aromatic heterocycles. The Morgan fingerprint density at radius 2 is 1.84 bits per heavy atom. The number of nitrogens with one attached hydrogen (secondary N) is 1. The normalized spacial score (nSPS) is 13.0. The van der Waals surface area contributed by atoms with Crippen molar-refractivity contribution in [1.82, 2.24) is 4.72 Å². The van der Waals surface area contributed by atoms with Crippen LogP contribution in [0, 0.1) is 19.7 Å². The van der Waals surface area contributed by atoms with Crippen LogP contribution < -0.4 is 4.72 Å². The van der Waals surface area contributed by atoms with Gasteiger partial charge in [-0.25, -0.2) is 17.5 Å². The molecule has 0 radical (unpaired) electrons. The summed E-state index contributed by atoms with van der Waals surface area (Å²) in [6.45, 7) is 3.39. The first-order valence-electron chi connectivity index (χ1n) is 7.88. The number of rotatable bonds is 8. The van der Waals surface area contributed by atoms with Gasteiger partial charge in [-0.15, -0.1) is 0 Å². The molecule has 5 nitrogen and oxygen atoms in total. The molecule has 2 aromatic carbocycles. The van der Waals surface area contributed by atoms with Gasteiger partial charge in [0.25, 0.3) is 0 Å².